The molecule has 2 aromatic carbocycles. The summed E-state index contributed by atoms with van der Waals surface area (Å²) in [6, 6.07) is 13.5. The first-order valence-corrected chi connectivity index (χ1v) is 8.34. The van der Waals surface area contributed by atoms with Crippen molar-refractivity contribution in [3.8, 4) is 5.75 Å². The predicted molar refractivity (Wildman–Crippen MR) is 98.1 cm³/mol. The number of aryl methyl sites for hydroxylation is 1. The van der Waals surface area contributed by atoms with E-state index in [-0.39, 0.29) is 17.9 Å². The van der Waals surface area contributed by atoms with Crippen molar-refractivity contribution < 1.29 is 9.53 Å². The molecule has 4 heteroatoms. The molecule has 0 aromatic heterocycles. The summed E-state index contributed by atoms with van der Waals surface area (Å²) in [4.78, 5) is 12.1. The van der Waals surface area contributed by atoms with Crippen LogP contribution in [0, 0.1) is 6.92 Å². The van der Waals surface area contributed by atoms with Crippen LogP contribution >= 0.6 is 15.9 Å². The van der Waals surface area contributed by atoms with Gasteiger partial charge in [0.25, 0.3) is 5.91 Å². The fraction of sp³-hybridized carbons (Fsp3) is 0.316. The zero-order chi connectivity index (χ0) is 17.0. The number of hydrogen-bond donors (Lipinski definition) is 1. The smallest absolute Gasteiger partial charge is 0.262 e. The Morgan fingerprint density at radius 3 is 2.57 bits per heavy atom. The zero-order valence-electron chi connectivity index (χ0n) is 13.9. The van der Waals surface area contributed by atoms with Gasteiger partial charge in [-0.2, -0.15) is 0 Å². The van der Waals surface area contributed by atoms with Gasteiger partial charge in [0.05, 0.1) is 0 Å². The number of carbonyl (C=O) groups excluding carboxylic acids is 1. The molecule has 0 heterocycles. The van der Waals surface area contributed by atoms with Crippen LogP contribution in [0.3, 0.4) is 0 Å². The minimum Gasteiger partial charge on any atom is -0.483 e. The lowest BCUT2D eigenvalue weighted by molar-refractivity contribution is -0.118. The van der Waals surface area contributed by atoms with E-state index in [0.29, 0.717) is 0 Å². The van der Waals surface area contributed by atoms with Crippen LogP contribution in [0.1, 0.15) is 31.9 Å². The van der Waals surface area contributed by atoms with Crippen molar-refractivity contribution in [2.75, 3.05) is 11.9 Å². The van der Waals surface area contributed by atoms with Crippen molar-refractivity contribution in [2.45, 2.75) is 33.1 Å². The van der Waals surface area contributed by atoms with Crippen LogP contribution in [-0.4, -0.2) is 12.5 Å². The predicted octanol–water partition coefficient (Wildman–Crippen LogP) is 5.07. The molecule has 3 nitrogen and oxygen atoms in total. The molecule has 0 aliphatic carbocycles. The molecule has 23 heavy (non-hydrogen) atoms. The number of amides is 1. The van der Waals surface area contributed by atoms with Crippen molar-refractivity contribution in [1.82, 2.24) is 0 Å². The van der Waals surface area contributed by atoms with Gasteiger partial charge in [0.1, 0.15) is 5.75 Å². The second kappa shape index (κ2) is 7.18. The molecule has 2 aromatic rings. The van der Waals surface area contributed by atoms with Crippen molar-refractivity contribution in [3.05, 3.63) is 58.1 Å². The molecule has 0 spiro atoms. The van der Waals surface area contributed by atoms with Gasteiger partial charge < -0.3 is 10.1 Å². The van der Waals surface area contributed by atoms with E-state index in [4.69, 9.17) is 4.74 Å². The van der Waals surface area contributed by atoms with Gasteiger partial charge in [0.15, 0.2) is 6.61 Å². The van der Waals surface area contributed by atoms with E-state index < -0.39 is 0 Å². The van der Waals surface area contributed by atoms with E-state index in [1.54, 1.807) is 0 Å². The lowest BCUT2D eigenvalue weighted by Gasteiger charge is -2.23. The summed E-state index contributed by atoms with van der Waals surface area (Å²) >= 11 is 3.38. The summed E-state index contributed by atoms with van der Waals surface area (Å²) in [5.74, 6) is 0.580. The highest BCUT2D eigenvalue weighted by Gasteiger charge is 2.19. The van der Waals surface area contributed by atoms with Crippen LogP contribution in [0.5, 0.6) is 5.75 Å². The van der Waals surface area contributed by atoms with Gasteiger partial charge in [0.2, 0.25) is 0 Å². The summed E-state index contributed by atoms with van der Waals surface area (Å²) in [5.41, 5.74) is 2.99. The van der Waals surface area contributed by atoms with Crippen molar-refractivity contribution in [3.63, 3.8) is 0 Å². The molecule has 122 valence electrons. The number of rotatable bonds is 4. The van der Waals surface area contributed by atoms with Crippen LogP contribution in [0.2, 0.25) is 0 Å². The minimum absolute atomic E-state index is 0.0152. The number of nitrogens with one attached hydrogen (secondary N) is 1. The Morgan fingerprint density at radius 2 is 1.91 bits per heavy atom. The van der Waals surface area contributed by atoms with E-state index in [1.165, 1.54) is 5.56 Å². The highest BCUT2D eigenvalue weighted by atomic mass is 79.9. The Morgan fingerprint density at radius 1 is 1.17 bits per heavy atom. The van der Waals surface area contributed by atoms with Gasteiger partial charge in [-0.15, -0.1) is 0 Å². The van der Waals surface area contributed by atoms with Crippen LogP contribution in [0.4, 0.5) is 5.69 Å². The van der Waals surface area contributed by atoms with Crippen LogP contribution in [-0.2, 0) is 10.2 Å². The number of ether oxygens (including phenoxy) is 1. The van der Waals surface area contributed by atoms with Crippen LogP contribution < -0.4 is 10.1 Å². The Labute approximate surface area is 146 Å². The van der Waals surface area contributed by atoms with E-state index in [0.717, 1.165) is 21.5 Å². The maximum absolute atomic E-state index is 12.1. The Hall–Kier alpha value is -1.81. The van der Waals surface area contributed by atoms with Gasteiger partial charge in [-0.3, -0.25) is 4.79 Å². The fourth-order valence-corrected chi connectivity index (χ4v) is 2.66. The molecule has 1 amide bonds. The third kappa shape index (κ3) is 5.10. The summed E-state index contributed by atoms with van der Waals surface area (Å²) in [5, 5.41) is 2.83. The van der Waals surface area contributed by atoms with Crippen LogP contribution in [0.25, 0.3) is 0 Å². The van der Waals surface area contributed by atoms with Crippen LogP contribution in [0.15, 0.2) is 46.9 Å². The van der Waals surface area contributed by atoms with Crippen molar-refractivity contribution in [2.24, 2.45) is 0 Å². The number of hydrogen-bond acceptors (Lipinski definition) is 2. The molecule has 1 N–H and O–H groups in total. The number of carbonyl (C=O) groups is 1. The van der Waals surface area contributed by atoms with Gasteiger partial charge in [-0.25, -0.2) is 0 Å². The first kappa shape index (κ1) is 17.5. The van der Waals surface area contributed by atoms with E-state index in [9.17, 15) is 4.79 Å². The molecule has 0 aliphatic heterocycles. The Balaban J connectivity index is 2.05. The second-order valence-electron chi connectivity index (χ2n) is 6.60. The number of halogens is 1. The first-order chi connectivity index (χ1) is 10.8. The number of benzene rings is 2. The monoisotopic (exact) mass is 375 g/mol. The Bertz CT molecular complexity index is 705. The highest BCUT2D eigenvalue weighted by Crippen LogP contribution is 2.32. The van der Waals surface area contributed by atoms with Gasteiger partial charge in [0, 0.05) is 10.2 Å². The SMILES string of the molecule is Cc1ccc(OCC(=O)Nc2cccc(Br)c2)c(C(C)(C)C)c1. The fourth-order valence-electron chi connectivity index (χ4n) is 2.26. The van der Waals surface area contributed by atoms with Crippen molar-refractivity contribution >= 4 is 27.5 Å². The molecule has 0 unspecified atom stereocenters. The molecule has 2 rings (SSSR count). The molecular weight excluding hydrogens is 354 g/mol. The first-order valence-electron chi connectivity index (χ1n) is 7.55. The maximum Gasteiger partial charge on any atom is 0.262 e. The molecule has 0 aliphatic rings. The third-order valence-electron chi connectivity index (χ3n) is 3.41. The molecule has 0 radical (unpaired) electrons. The van der Waals surface area contributed by atoms with Gasteiger partial charge >= 0.3 is 0 Å². The van der Waals surface area contributed by atoms with Gasteiger partial charge in [-0.05, 0) is 42.2 Å². The Kier molecular flexibility index (Phi) is 5.47. The summed E-state index contributed by atoms with van der Waals surface area (Å²) in [6.07, 6.45) is 0. The molecule has 0 saturated heterocycles. The second-order valence-corrected chi connectivity index (χ2v) is 7.51. The third-order valence-corrected chi connectivity index (χ3v) is 3.90. The average molecular weight is 376 g/mol. The standard InChI is InChI=1S/C19H22BrNO2/c1-13-8-9-17(16(10-13)19(2,3)4)23-12-18(22)21-15-7-5-6-14(20)11-15/h5-11H,12H2,1-4H3,(H,21,22). The van der Waals surface area contributed by atoms with E-state index in [1.807, 2.05) is 36.4 Å². The molecule has 0 saturated carbocycles. The largest absolute Gasteiger partial charge is 0.483 e. The molecular formula is C19H22BrNO2. The highest BCUT2D eigenvalue weighted by molar-refractivity contribution is 9.10. The summed E-state index contributed by atoms with van der Waals surface area (Å²) < 4.78 is 6.68. The quantitative estimate of drug-likeness (QED) is 0.809. The topological polar surface area (TPSA) is 38.3 Å². The van der Waals surface area contributed by atoms with E-state index in [2.05, 4.69) is 55.0 Å². The zero-order valence-corrected chi connectivity index (χ0v) is 15.5. The van der Waals surface area contributed by atoms with Crippen molar-refractivity contribution in [1.29, 1.82) is 0 Å². The summed E-state index contributed by atoms with van der Waals surface area (Å²) in [7, 11) is 0. The molecule has 0 fully saturated rings. The minimum atomic E-state index is -0.177. The average Bonchev–Trinajstić information content (AvgIpc) is 2.45. The normalized spacial score (nSPS) is 11.2. The molecule has 0 bridgehead atoms. The maximum atomic E-state index is 12.1. The van der Waals surface area contributed by atoms with Gasteiger partial charge in [-0.1, -0.05) is 60.5 Å². The van der Waals surface area contributed by atoms with E-state index >= 15 is 0 Å². The number of anilines is 1. The lowest BCUT2D eigenvalue weighted by Crippen LogP contribution is -2.22. The lowest BCUT2D eigenvalue weighted by atomic mass is 9.85. The molecule has 0 atom stereocenters. The summed E-state index contributed by atoms with van der Waals surface area (Å²) in [6.45, 7) is 8.44.